The number of esters is 2. The number of hydrogen-bond donors (Lipinski definition) is 1. The van der Waals surface area contributed by atoms with E-state index < -0.39 is 27.0 Å². The second-order valence-electron chi connectivity index (χ2n) is 5.16. The Morgan fingerprint density at radius 2 is 1.52 bits per heavy atom. The van der Waals surface area contributed by atoms with E-state index in [4.69, 9.17) is 9.47 Å². The van der Waals surface area contributed by atoms with Crippen LogP contribution in [0.5, 0.6) is 0 Å². The van der Waals surface area contributed by atoms with Gasteiger partial charge in [0.05, 0.1) is 24.3 Å². The Bertz CT molecular complexity index is 686. The number of carbonyl (C=O) groups is 2. The van der Waals surface area contributed by atoms with Crippen LogP contribution in [-0.4, -0.2) is 107 Å². The van der Waals surface area contributed by atoms with Crippen LogP contribution in [0, 0.1) is 0 Å². The Morgan fingerprint density at radius 1 is 1.00 bits per heavy atom. The molecule has 0 aliphatic heterocycles. The van der Waals surface area contributed by atoms with E-state index in [0.717, 1.165) is 25.0 Å². The average molecular weight is 491 g/mol. The number of ether oxygens (including phenoxy) is 2. The van der Waals surface area contributed by atoms with Gasteiger partial charge in [-0.25, -0.2) is 9.59 Å². The van der Waals surface area contributed by atoms with Crippen LogP contribution in [0.25, 0.3) is 0 Å². The van der Waals surface area contributed by atoms with Gasteiger partial charge in [0.1, 0.15) is 4.90 Å². The van der Waals surface area contributed by atoms with Crippen molar-refractivity contribution in [3.8, 4) is 0 Å². The number of unbranched alkanes of at least 4 members (excludes halogenated alkanes) is 2. The summed E-state index contributed by atoms with van der Waals surface area (Å²) in [6.07, 6.45) is 2.96. The molecule has 0 saturated heterocycles. The van der Waals surface area contributed by atoms with Gasteiger partial charge >= 0.3 is 11.9 Å². The van der Waals surface area contributed by atoms with Crippen LogP contribution in [-0.2, 0) is 19.6 Å². The average Bonchev–Trinajstić information content (AvgIpc) is 2.53. The monoisotopic (exact) mass is 491 g/mol. The van der Waals surface area contributed by atoms with Crippen LogP contribution in [0.4, 0.5) is 0 Å². The van der Waals surface area contributed by atoms with Gasteiger partial charge in [0.15, 0.2) is 0 Å². The third kappa shape index (κ3) is 8.57. The van der Waals surface area contributed by atoms with Crippen LogP contribution in [0.3, 0.4) is 0 Å². The first-order valence-corrected chi connectivity index (χ1v) is 9.21. The molecule has 0 heterocycles. The molecule has 9 heteroatoms. The normalized spacial score (nSPS) is 10.7. The molecule has 1 N–H and O–H groups in total. The summed E-state index contributed by atoms with van der Waals surface area (Å²) in [7, 11) is -4.70. The zero-order valence-electron chi connectivity index (χ0n) is 14.8. The van der Waals surface area contributed by atoms with Gasteiger partial charge in [0, 0.05) is 68.9 Å². The summed E-state index contributed by atoms with van der Waals surface area (Å²) in [6, 6.07) is 3.31. The fourth-order valence-electron chi connectivity index (χ4n) is 1.81. The topological polar surface area (TPSA) is 107 Å². The van der Waals surface area contributed by atoms with Crippen molar-refractivity contribution in [3.05, 3.63) is 29.3 Å². The Labute approximate surface area is 207 Å². The smallest absolute Gasteiger partial charge is 0.339 e. The zero-order chi connectivity index (χ0) is 18.2. The molecule has 0 amide bonds. The minimum Gasteiger partial charge on any atom is -0.462 e. The van der Waals surface area contributed by atoms with Gasteiger partial charge in [0.2, 0.25) is 0 Å². The molecule has 7 nitrogen and oxygen atoms in total. The van der Waals surface area contributed by atoms with Gasteiger partial charge in [-0.3, -0.25) is 4.55 Å². The van der Waals surface area contributed by atoms with Crippen molar-refractivity contribution in [2.45, 2.75) is 44.4 Å². The molecule has 0 aliphatic carbocycles. The first-order chi connectivity index (χ1) is 11.3. The molecule has 25 heavy (non-hydrogen) atoms. The fourth-order valence-corrected chi connectivity index (χ4v) is 2.52. The molecular formula is C16H22CsO7S. The molecule has 0 unspecified atom stereocenters. The summed E-state index contributed by atoms with van der Waals surface area (Å²) in [5.74, 6) is -1.60. The third-order valence-corrected chi connectivity index (χ3v) is 4.07. The quantitative estimate of drug-likeness (QED) is 0.321. The van der Waals surface area contributed by atoms with Crippen molar-refractivity contribution in [1.29, 1.82) is 0 Å². The molecule has 1 radical (unpaired) electrons. The molecule has 0 aliphatic rings. The molecule has 0 saturated carbocycles. The maximum absolute atomic E-state index is 12.0. The Kier molecular flexibility index (Phi) is 12.6. The van der Waals surface area contributed by atoms with Crippen LogP contribution in [0.2, 0.25) is 0 Å². The third-order valence-electron chi connectivity index (χ3n) is 3.18. The van der Waals surface area contributed by atoms with E-state index >= 15 is 0 Å². The molecule has 1 aromatic carbocycles. The molecule has 0 spiro atoms. The second kappa shape index (κ2) is 12.5. The molecule has 0 atom stereocenters. The van der Waals surface area contributed by atoms with Crippen molar-refractivity contribution in [1.82, 2.24) is 0 Å². The standard InChI is InChI=1S/C16H22O7S.Cs/c1-3-5-9-22-15(17)12-7-8-13(14(11-12)24(19,20)21)16(18)23-10-6-4-2;/h7-8,11H,3-6,9-10H2,1-2H3,(H,19,20,21);. The first-order valence-electron chi connectivity index (χ1n) is 7.77. The first kappa shape index (κ1) is 25.1. The van der Waals surface area contributed by atoms with Crippen molar-refractivity contribution in [2.75, 3.05) is 13.2 Å². The van der Waals surface area contributed by atoms with Gasteiger partial charge < -0.3 is 9.47 Å². The number of rotatable bonds is 9. The summed E-state index contributed by atoms with van der Waals surface area (Å²) in [5.41, 5.74) is -0.387. The zero-order valence-corrected chi connectivity index (χ0v) is 21.9. The van der Waals surface area contributed by atoms with Crippen molar-refractivity contribution >= 4 is 91.0 Å². The molecular weight excluding hydrogens is 469 g/mol. The van der Waals surface area contributed by atoms with E-state index in [-0.39, 0.29) is 93.2 Å². The second-order valence-corrected chi connectivity index (χ2v) is 6.55. The minimum atomic E-state index is -4.70. The summed E-state index contributed by atoms with van der Waals surface area (Å²) in [4.78, 5) is 23.2. The van der Waals surface area contributed by atoms with Gasteiger partial charge in [0.25, 0.3) is 10.1 Å². The summed E-state index contributed by atoms with van der Waals surface area (Å²) in [5, 5.41) is 0. The van der Waals surface area contributed by atoms with Crippen LogP contribution < -0.4 is 0 Å². The molecule has 135 valence electrons. The minimum absolute atomic E-state index is 0. The number of benzene rings is 1. The largest absolute Gasteiger partial charge is 0.462 e. The predicted molar refractivity (Wildman–Crippen MR) is 92.4 cm³/mol. The SMILES string of the molecule is CCCCOC(=O)c1ccc(C(=O)OCCCC)c(S(=O)(=O)O)c1.[Cs]. The molecule has 0 fully saturated rings. The molecule has 1 aromatic rings. The van der Waals surface area contributed by atoms with E-state index in [1.807, 2.05) is 13.8 Å². The summed E-state index contributed by atoms with van der Waals surface area (Å²) in [6.45, 7) is 4.19. The molecule has 1 rings (SSSR count). The van der Waals surface area contributed by atoms with E-state index in [1.54, 1.807) is 0 Å². The summed E-state index contributed by atoms with van der Waals surface area (Å²) >= 11 is 0. The Balaban J connectivity index is 0.00000576. The van der Waals surface area contributed by atoms with Crippen molar-refractivity contribution < 1.29 is 32.0 Å². The van der Waals surface area contributed by atoms with E-state index in [2.05, 4.69) is 0 Å². The van der Waals surface area contributed by atoms with Gasteiger partial charge in [-0.1, -0.05) is 26.7 Å². The molecule has 0 bridgehead atoms. The van der Waals surface area contributed by atoms with E-state index in [1.165, 1.54) is 6.07 Å². The number of carbonyl (C=O) groups excluding carboxylic acids is 2. The Hall–Kier alpha value is 0.122. The van der Waals surface area contributed by atoms with Crippen LogP contribution >= 0.6 is 0 Å². The van der Waals surface area contributed by atoms with Crippen molar-refractivity contribution in [2.24, 2.45) is 0 Å². The fraction of sp³-hybridized carbons (Fsp3) is 0.500. The molecule has 0 aromatic heterocycles. The Morgan fingerprint density at radius 3 is 2.00 bits per heavy atom. The summed E-state index contributed by atoms with van der Waals surface area (Å²) < 4.78 is 42.3. The predicted octanol–water partition coefficient (Wildman–Crippen LogP) is 2.47. The van der Waals surface area contributed by atoms with Crippen molar-refractivity contribution in [3.63, 3.8) is 0 Å². The maximum atomic E-state index is 12.0. The van der Waals surface area contributed by atoms with Crippen LogP contribution in [0.15, 0.2) is 23.1 Å². The van der Waals surface area contributed by atoms with Gasteiger partial charge in [-0.05, 0) is 31.0 Å². The van der Waals surface area contributed by atoms with E-state index in [0.29, 0.717) is 12.8 Å². The maximum Gasteiger partial charge on any atom is 0.339 e. The van der Waals surface area contributed by atoms with Gasteiger partial charge in [-0.15, -0.1) is 0 Å². The van der Waals surface area contributed by atoms with Gasteiger partial charge in [-0.2, -0.15) is 8.42 Å². The van der Waals surface area contributed by atoms with Crippen LogP contribution in [0.1, 0.15) is 60.2 Å². The van der Waals surface area contributed by atoms with E-state index in [9.17, 15) is 22.6 Å². The number of hydrogen-bond acceptors (Lipinski definition) is 6.